The summed E-state index contributed by atoms with van der Waals surface area (Å²) in [5.74, 6) is 0.204. The summed E-state index contributed by atoms with van der Waals surface area (Å²) in [6.45, 7) is 9.02. The van der Waals surface area contributed by atoms with Crippen LogP contribution in [0.4, 0.5) is 10.5 Å². The Morgan fingerprint density at radius 2 is 1.71 bits per heavy atom. The molecule has 4 aromatic rings. The van der Waals surface area contributed by atoms with Gasteiger partial charge in [-0.3, -0.25) is 14.7 Å². The van der Waals surface area contributed by atoms with Gasteiger partial charge in [-0.1, -0.05) is 24.3 Å². The Kier molecular flexibility index (Phi) is 7.11. The van der Waals surface area contributed by atoms with Crippen LogP contribution in [-0.2, 0) is 11.3 Å². The summed E-state index contributed by atoms with van der Waals surface area (Å²) in [5, 5.41) is 2.96. The van der Waals surface area contributed by atoms with Crippen LogP contribution < -0.4 is 5.32 Å². The van der Waals surface area contributed by atoms with Gasteiger partial charge in [-0.05, 0) is 56.7 Å². The lowest BCUT2D eigenvalue weighted by atomic mass is 10.1. The number of carbonyl (C=O) groups is 2. The zero-order chi connectivity index (χ0) is 26.7. The maximum absolute atomic E-state index is 12.8. The van der Waals surface area contributed by atoms with Gasteiger partial charge in [-0.15, -0.1) is 0 Å². The molecule has 2 aromatic heterocycles. The first-order chi connectivity index (χ1) is 18.3. The summed E-state index contributed by atoms with van der Waals surface area (Å²) < 4.78 is 11.7. The number of hydrogen-bond acceptors (Lipinski definition) is 7. The van der Waals surface area contributed by atoms with Gasteiger partial charge >= 0.3 is 6.09 Å². The van der Waals surface area contributed by atoms with Crippen molar-refractivity contribution in [3.63, 3.8) is 0 Å². The summed E-state index contributed by atoms with van der Waals surface area (Å²) in [7, 11) is 0. The Morgan fingerprint density at radius 3 is 2.45 bits per heavy atom. The minimum atomic E-state index is -0.505. The van der Waals surface area contributed by atoms with Crippen molar-refractivity contribution in [1.82, 2.24) is 19.8 Å². The third-order valence-electron chi connectivity index (χ3n) is 6.27. The second kappa shape index (κ2) is 10.6. The summed E-state index contributed by atoms with van der Waals surface area (Å²) in [4.78, 5) is 38.0. The number of oxazole rings is 1. The molecule has 2 aromatic carbocycles. The largest absolute Gasteiger partial charge is 0.444 e. The number of nitrogens with one attached hydrogen (secondary N) is 1. The number of aromatic nitrogens is 2. The van der Waals surface area contributed by atoms with Crippen LogP contribution in [0.5, 0.6) is 0 Å². The lowest BCUT2D eigenvalue weighted by molar-refractivity contribution is 0.0139. The van der Waals surface area contributed by atoms with E-state index in [2.05, 4.69) is 15.2 Å². The van der Waals surface area contributed by atoms with Crippen LogP contribution in [0.3, 0.4) is 0 Å². The number of rotatable bonds is 5. The van der Waals surface area contributed by atoms with Crippen LogP contribution in [-0.4, -0.2) is 63.5 Å². The van der Waals surface area contributed by atoms with E-state index in [1.807, 2.05) is 63.2 Å². The molecular formula is C29H31N5O4. The standard InChI is InChI=1S/C29H31N5O4/c1-29(2,3)38-28(36)34-17-15-33(16-18-34)19-21-7-6-10-24-25(21)32-27(37-24)22-8-4-5-9-23(22)31-26(35)20-11-13-30-14-12-20/h4-14H,15-19H2,1-3H3,(H,31,35). The first-order valence-corrected chi connectivity index (χ1v) is 12.7. The molecular weight excluding hydrogens is 482 g/mol. The summed E-state index contributed by atoms with van der Waals surface area (Å²) >= 11 is 0. The maximum Gasteiger partial charge on any atom is 0.410 e. The van der Waals surface area contributed by atoms with Crippen molar-refractivity contribution in [2.24, 2.45) is 0 Å². The van der Waals surface area contributed by atoms with Crippen LogP contribution in [0.15, 0.2) is 71.4 Å². The Bertz CT molecular complexity index is 1440. The number of pyridine rings is 1. The van der Waals surface area contributed by atoms with E-state index in [9.17, 15) is 9.59 Å². The first-order valence-electron chi connectivity index (χ1n) is 12.7. The van der Waals surface area contributed by atoms with Gasteiger partial charge < -0.3 is 19.4 Å². The number of carbonyl (C=O) groups excluding carboxylic acids is 2. The number of benzene rings is 2. The van der Waals surface area contributed by atoms with E-state index in [0.717, 1.165) is 24.2 Å². The van der Waals surface area contributed by atoms with Gasteiger partial charge in [0.05, 0.1) is 11.3 Å². The predicted molar refractivity (Wildman–Crippen MR) is 145 cm³/mol. The molecule has 5 rings (SSSR count). The maximum atomic E-state index is 12.8. The molecule has 0 saturated carbocycles. The van der Waals surface area contributed by atoms with Crippen LogP contribution in [0.25, 0.3) is 22.6 Å². The summed E-state index contributed by atoms with van der Waals surface area (Å²) in [6.07, 6.45) is 2.90. The monoisotopic (exact) mass is 513 g/mol. The number of anilines is 1. The van der Waals surface area contributed by atoms with Crippen LogP contribution in [0.2, 0.25) is 0 Å². The molecule has 0 atom stereocenters. The van der Waals surface area contributed by atoms with E-state index in [1.54, 1.807) is 29.4 Å². The number of ether oxygens (including phenoxy) is 1. The Balaban J connectivity index is 1.32. The topological polar surface area (TPSA) is 101 Å². The average molecular weight is 514 g/mol. The highest BCUT2D eigenvalue weighted by Crippen LogP contribution is 2.32. The molecule has 9 heteroatoms. The molecule has 2 amide bonds. The fourth-order valence-corrected chi connectivity index (χ4v) is 4.38. The number of nitrogens with zero attached hydrogens (tertiary/aromatic N) is 4. The number of fused-ring (bicyclic) bond motifs is 1. The van der Waals surface area contributed by atoms with Crippen LogP contribution >= 0.6 is 0 Å². The highest BCUT2D eigenvalue weighted by molar-refractivity contribution is 6.06. The molecule has 1 aliphatic rings. The quantitative estimate of drug-likeness (QED) is 0.392. The van der Waals surface area contributed by atoms with Crippen molar-refractivity contribution in [2.75, 3.05) is 31.5 Å². The van der Waals surface area contributed by atoms with Crippen LogP contribution in [0.1, 0.15) is 36.7 Å². The van der Waals surface area contributed by atoms with E-state index in [1.165, 1.54) is 0 Å². The fourth-order valence-electron chi connectivity index (χ4n) is 4.38. The van der Waals surface area contributed by atoms with Gasteiger partial charge in [0.2, 0.25) is 5.89 Å². The highest BCUT2D eigenvalue weighted by Gasteiger charge is 2.26. The number of hydrogen-bond donors (Lipinski definition) is 1. The highest BCUT2D eigenvalue weighted by atomic mass is 16.6. The molecule has 1 N–H and O–H groups in total. The van der Waals surface area contributed by atoms with E-state index in [0.29, 0.717) is 47.9 Å². The smallest absolute Gasteiger partial charge is 0.410 e. The molecule has 0 spiro atoms. The number of piperazine rings is 1. The molecule has 196 valence electrons. The third-order valence-corrected chi connectivity index (χ3v) is 6.27. The van der Waals surface area contributed by atoms with E-state index in [4.69, 9.17) is 14.1 Å². The van der Waals surface area contributed by atoms with E-state index in [-0.39, 0.29) is 12.0 Å². The zero-order valence-electron chi connectivity index (χ0n) is 21.8. The molecule has 38 heavy (non-hydrogen) atoms. The fraction of sp³-hybridized carbons (Fsp3) is 0.310. The predicted octanol–water partition coefficient (Wildman–Crippen LogP) is 5.19. The van der Waals surface area contributed by atoms with Crippen molar-refractivity contribution >= 4 is 28.8 Å². The van der Waals surface area contributed by atoms with Crippen molar-refractivity contribution in [1.29, 1.82) is 0 Å². The summed E-state index contributed by atoms with van der Waals surface area (Å²) in [6, 6.07) is 16.7. The average Bonchev–Trinajstić information content (AvgIpc) is 3.34. The summed E-state index contributed by atoms with van der Waals surface area (Å²) in [5.41, 5.74) is 3.83. The molecule has 1 saturated heterocycles. The molecule has 0 bridgehead atoms. The van der Waals surface area contributed by atoms with Gasteiger partial charge in [0, 0.05) is 50.7 Å². The van der Waals surface area contributed by atoms with Crippen molar-refractivity contribution in [2.45, 2.75) is 32.9 Å². The number of amides is 2. The number of para-hydroxylation sites is 2. The molecule has 0 unspecified atom stereocenters. The third kappa shape index (κ3) is 5.84. The Labute approximate surface area is 221 Å². The Morgan fingerprint density at radius 1 is 0.974 bits per heavy atom. The van der Waals surface area contributed by atoms with Gasteiger partial charge in [0.1, 0.15) is 11.1 Å². The SMILES string of the molecule is CC(C)(C)OC(=O)N1CCN(Cc2cccc3oc(-c4ccccc4NC(=O)c4ccncc4)nc23)CC1. The van der Waals surface area contributed by atoms with Crippen molar-refractivity contribution in [3.8, 4) is 11.5 Å². The minimum Gasteiger partial charge on any atom is -0.444 e. The van der Waals surface area contributed by atoms with Gasteiger partial charge in [0.25, 0.3) is 5.91 Å². The van der Waals surface area contributed by atoms with E-state index < -0.39 is 5.60 Å². The molecule has 0 aliphatic carbocycles. The lowest BCUT2D eigenvalue weighted by Crippen LogP contribution is -2.49. The second-order valence-corrected chi connectivity index (χ2v) is 10.3. The molecule has 1 aliphatic heterocycles. The Hall–Kier alpha value is -4.24. The lowest BCUT2D eigenvalue weighted by Gasteiger charge is -2.35. The van der Waals surface area contributed by atoms with Crippen LogP contribution in [0, 0.1) is 0 Å². The van der Waals surface area contributed by atoms with Crippen molar-refractivity contribution < 1.29 is 18.7 Å². The minimum absolute atomic E-state index is 0.234. The molecule has 0 radical (unpaired) electrons. The zero-order valence-corrected chi connectivity index (χ0v) is 21.8. The van der Waals surface area contributed by atoms with Gasteiger partial charge in [-0.2, -0.15) is 0 Å². The molecule has 1 fully saturated rings. The van der Waals surface area contributed by atoms with Crippen molar-refractivity contribution in [3.05, 3.63) is 78.1 Å². The molecule has 9 nitrogen and oxygen atoms in total. The first kappa shape index (κ1) is 25.4. The van der Waals surface area contributed by atoms with Gasteiger partial charge in [0.15, 0.2) is 5.58 Å². The molecule has 3 heterocycles. The normalized spacial score (nSPS) is 14.4. The van der Waals surface area contributed by atoms with Gasteiger partial charge in [-0.25, -0.2) is 9.78 Å². The second-order valence-electron chi connectivity index (χ2n) is 10.3. The van der Waals surface area contributed by atoms with E-state index >= 15 is 0 Å².